The van der Waals surface area contributed by atoms with E-state index in [1.165, 1.54) is 0 Å². The normalized spacial score (nSPS) is 13.0. The van der Waals surface area contributed by atoms with Gasteiger partial charge in [0.15, 0.2) is 9.56 Å². The molecule has 28 heavy (non-hydrogen) atoms. The summed E-state index contributed by atoms with van der Waals surface area (Å²) in [6.07, 6.45) is 3.59. The number of methoxy groups -OCH3 is 1. The van der Waals surface area contributed by atoms with E-state index in [2.05, 4.69) is 25.6 Å². The van der Waals surface area contributed by atoms with Gasteiger partial charge >= 0.3 is 0 Å². The molecule has 3 rings (SSSR count). The Hall–Kier alpha value is -2.37. The van der Waals surface area contributed by atoms with Crippen LogP contribution in [-0.2, 0) is 5.60 Å². The predicted molar refractivity (Wildman–Crippen MR) is 120 cm³/mol. The van der Waals surface area contributed by atoms with Crippen LogP contribution in [0.5, 0.6) is 5.75 Å². The fourth-order valence-electron chi connectivity index (χ4n) is 3.16. The van der Waals surface area contributed by atoms with E-state index in [-0.39, 0.29) is 0 Å². The van der Waals surface area contributed by atoms with Gasteiger partial charge in [-0.15, -0.1) is 17.9 Å². The first-order valence-electron chi connectivity index (χ1n) is 9.21. The molecule has 1 heterocycles. The zero-order valence-electron chi connectivity index (χ0n) is 16.5. The molecule has 146 valence electrons. The van der Waals surface area contributed by atoms with Crippen LogP contribution in [0.1, 0.15) is 31.0 Å². The lowest BCUT2D eigenvalue weighted by Gasteiger charge is -2.31. The van der Waals surface area contributed by atoms with E-state index >= 15 is 0 Å². The van der Waals surface area contributed by atoms with Crippen LogP contribution < -0.4 is 9.57 Å². The van der Waals surface area contributed by atoms with E-state index in [0.29, 0.717) is 3.95 Å². The highest BCUT2D eigenvalue weighted by Crippen LogP contribution is 2.34. The maximum atomic E-state index is 6.55. The third-order valence-electron chi connectivity index (χ3n) is 4.84. The second-order valence-corrected chi connectivity index (χ2v) is 8.47. The van der Waals surface area contributed by atoms with Crippen LogP contribution in [0.2, 0.25) is 0 Å². The Labute approximate surface area is 175 Å². The minimum atomic E-state index is -0.503. The molecule has 0 bridgehead atoms. The van der Waals surface area contributed by atoms with Crippen LogP contribution in [0.4, 0.5) is 0 Å². The topological polar surface area (TPSA) is 23.4 Å². The van der Waals surface area contributed by atoms with E-state index in [1.807, 2.05) is 55.5 Å². The fraction of sp³-hybridized carbons (Fsp3) is 0.261. The molecule has 2 aromatic carbocycles. The second kappa shape index (κ2) is 8.76. The van der Waals surface area contributed by atoms with Gasteiger partial charge in [0, 0.05) is 0 Å². The molecule has 0 saturated heterocycles. The minimum Gasteiger partial charge on any atom is -0.497 e. The fourth-order valence-corrected chi connectivity index (χ4v) is 4.50. The van der Waals surface area contributed by atoms with Crippen molar-refractivity contribution >= 4 is 23.6 Å². The Morgan fingerprint density at radius 3 is 2.43 bits per heavy atom. The van der Waals surface area contributed by atoms with Crippen molar-refractivity contribution in [2.75, 3.05) is 7.11 Å². The molecule has 0 spiro atoms. The van der Waals surface area contributed by atoms with Crippen molar-refractivity contribution < 1.29 is 9.57 Å². The maximum Gasteiger partial charge on any atom is 0.197 e. The molecule has 0 amide bonds. The van der Waals surface area contributed by atoms with E-state index in [9.17, 15) is 0 Å². The maximum absolute atomic E-state index is 6.55. The van der Waals surface area contributed by atoms with Gasteiger partial charge in [0.25, 0.3) is 0 Å². The monoisotopic (exact) mass is 411 g/mol. The molecule has 0 radical (unpaired) electrons. The molecule has 1 unspecified atom stereocenters. The summed E-state index contributed by atoms with van der Waals surface area (Å²) in [7, 11) is 1.67. The highest BCUT2D eigenvalue weighted by molar-refractivity contribution is 7.73. The molecule has 0 aliphatic rings. The molecule has 3 nitrogen and oxygen atoms in total. The number of aromatic nitrogens is 1. The number of ether oxygens (including phenoxy) is 1. The molecule has 1 aromatic heterocycles. The Bertz CT molecular complexity index is 990. The number of rotatable bonds is 8. The van der Waals surface area contributed by atoms with Crippen LogP contribution in [0.3, 0.4) is 0 Å². The van der Waals surface area contributed by atoms with Gasteiger partial charge in [0.05, 0.1) is 17.7 Å². The minimum absolute atomic E-state index is 0.503. The molecule has 0 fully saturated rings. The zero-order valence-corrected chi connectivity index (χ0v) is 18.1. The third-order valence-corrected chi connectivity index (χ3v) is 6.33. The first kappa shape index (κ1) is 20.4. The third kappa shape index (κ3) is 4.21. The average molecular weight is 412 g/mol. The number of hydrogen-bond donors (Lipinski definition) is 0. The van der Waals surface area contributed by atoms with Gasteiger partial charge in [-0.3, -0.25) is 0 Å². The lowest BCUT2D eigenvalue weighted by atomic mass is 9.91. The second-order valence-electron chi connectivity index (χ2n) is 6.82. The number of hydrogen-bond acceptors (Lipinski definition) is 4. The summed E-state index contributed by atoms with van der Waals surface area (Å²) in [5.41, 5.74) is 2.72. The van der Waals surface area contributed by atoms with Crippen LogP contribution in [0, 0.1) is 10.9 Å². The molecule has 1 atom stereocenters. The van der Waals surface area contributed by atoms with Gasteiger partial charge < -0.3 is 9.57 Å². The molecule has 0 aliphatic heterocycles. The van der Waals surface area contributed by atoms with E-state index in [1.54, 1.807) is 23.2 Å². The largest absolute Gasteiger partial charge is 0.497 e. The van der Waals surface area contributed by atoms with Crippen molar-refractivity contribution in [2.45, 2.75) is 32.3 Å². The van der Waals surface area contributed by atoms with Crippen LogP contribution in [0.15, 0.2) is 67.3 Å². The zero-order chi connectivity index (χ0) is 20.1. The molecule has 5 heteroatoms. The quantitative estimate of drug-likeness (QED) is 0.309. The van der Waals surface area contributed by atoms with E-state index in [4.69, 9.17) is 21.8 Å². The van der Waals surface area contributed by atoms with Crippen molar-refractivity contribution in [1.82, 2.24) is 4.73 Å². The smallest absolute Gasteiger partial charge is 0.197 e. The highest BCUT2D eigenvalue weighted by atomic mass is 32.1. The average Bonchev–Trinajstić information content (AvgIpc) is 3.01. The van der Waals surface area contributed by atoms with Crippen molar-refractivity contribution in [3.8, 4) is 16.2 Å². The summed E-state index contributed by atoms with van der Waals surface area (Å²) in [6, 6.07) is 18.3. The standard InChI is InChI=1S/C23H25NO2S2/c1-5-6-16-23(3,19-10-8-7-9-11-19)26-24-17(2)21(28-22(24)27)18-12-14-20(25-4)15-13-18/h5,7-15H,1,6,16H2,2-4H3. The molecule has 0 N–H and O–H groups in total. The summed E-state index contributed by atoms with van der Waals surface area (Å²) in [5.74, 6) is 0.835. The lowest BCUT2D eigenvalue weighted by Crippen LogP contribution is -2.36. The first-order valence-corrected chi connectivity index (χ1v) is 10.4. The Kier molecular flexibility index (Phi) is 6.37. The summed E-state index contributed by atoms with van der Waals surface area (Å²) >= 11 is 7.21. The molecule has 0 aliphatic carbocycles. The number of thiazole rings is 1. The lowest BCUT2D eigenvalue weighted by molar-refractivity contribution is -0.0544. The van der Waals surface area contributed by atoms with Crippen LogP contribution in [0.25, 0.3) is 10.4 Å². The van der Waals surface area contributed by atoms with Gasteiger partial charge in [-0.25, -0.2) is 0 Å². The Morgan fingerprint density at radius 2 is 1.82 bits per heavy atom. The molecular weight excluding hydrogens is 386 g/mol. The van der Waals surface area contributed by atoms with E-state index in [0.717, 1.165) is 40.3 Å². The van der Waals surface area contributed by atoms with Crippen LogP contribution in [-0.4, -0.2) is 11.8 Å². The number of nitrogens with zero attached hydrogens (tertiary/aromatic N) is 1. The van der Waals surface area contributed by atoms with Gasteiger partial charge in [0.1, 0.15) is 5.75 Å². The van der Waals surface area contributed by atoms with Crippen LogP contribution >= 0.6 is 23.6 Å². The predicted octanol–water partition coefficient (Wildman–Crippen LogP) is 6.57. The number of benzene rings is 2. The van der Waals surface area contributed by atoms with Gasteiger partial charge in [0.2, 0.25) is 0 Å². The highest BCUT2D eigenvalue weighted by Gasteiger charge is 2.30. The molecular formula is C23H25NO2S2. The van der Waals surface area contributed by atoms with Gasteiger partial charge in [-0.1, -0.05) is 36.4 Å². The summed E-state index contributed by atoms with van der Waals surface area (Å²) in [4.78, 5) is 7.65. The van der Waals surface area contributed by atoms with Gasteiger partial charge in [-0.2, -0.15) is 4.73 Å². The summed E-state index contributed by atoms with van der Waals surface area (Å²) < 4.78 is 7.76. The summed E-state index contributed by atoms with van der Waals surface area (Å²) in [5, 5.41) is 0. The van der Waals surface area contributed by atoms with Crippen molar-refractivity contribution in [3.05, 3.63) is 82.5 Å². The molecule has 3 aromatic rings. The molecule has 0 saturated carbocycles. The van der Waals surface area contributed by atoms with Crippen molar-refractivity contribution in [3.63, 3.8) is 0 Å². The Balaban J connectivity index is 1.99. The van der Waals surface area contributed by atoms with E-state index < -0.39 is 5.60 Å². The Morgan fingerprint density at radius 1 is 1.14 bits per heavy atom. The first-order chi connectivity index (χ1) is 13.5. The summed E-state index contributed by atoms with van der Waals surface area (Å²) in [6.45, 7) is 8.02. The van der Waals surface area contributed by atoms with Crippen molar-refractivity contribution in [1.29, 1.82) is 0 Å². The van der Waals surface area contributed by atoms with Crippen molar-refractivity contribution in [2.24, 2.45) is 0 Å². The van der Waals surface area contributed by atoms with Gasteiger partial charge in [-0.05, 0) is 74.3 Å². The SMILES string of the molecule is C=CCCC(C)(On1c(C)c(-c2ccc(OC)cc2)sc1=S)c1ccccc1. The number of allylic oxidation sites excluding steroid dienone is 1.